The van der Waals surface area contributed by atoms with E-state index in [1.165, 1.54) is 12.1 Å². The molecule has 21 heavy (non-hydrogen) atoms. The minimum atomic E-state index is -0.772. The highest BCUT2D eigenvalue weighted by Gasteiger charge is 2.21. The van der Waals surface area contributed by atoms with E-state index < -0.39 is 11.6 Å². The molecule has 1 aromatic carbocycles. The fourth-order valence-electron chi connectivity index (χ4n) is 2.70. The van der Waals surface area contributed by atoms with E-state index in [0.29, 0.717) is 12.5 Å². The van der Waals surface area contributed by atoms with Gasteiger partial charge in [-0.1, -0.05) is 6.07 Å². The average molecular weight is 296 g/mol. The van der Waals surface area contributed by atoms with Crippen molar-refractivity contribution in [2.75, 3.05) is 19.6 Å². The van der Waals surface area contributed by atoms with Gasteiger partial charge in [0.05, 0.1) is 0 Å². The van der Waals surface area contributed by atoms with Crippen molar-refractivity contribution in [3.8, 4) is 0 Å². The first-order valence-corrected chi connectivity index (χ1v) is 7.75. The molecule has 0 radical (unpaired) electrons. The van der Waals surface area contributed by atoms with Crippen molar-refractivity contribution in [3.63, 3.8) is 0 Å². The number of benzene rings is 1. The van der Waals surface area contributed by atoms with E-state index in [0.717, 1.165) is 38.0 Å². The normalized spacial score (nSPS) is 18.1. The number of nitrogens with one attached hydrogen (secondary N) is 1. The first-order valence-electron chi connectivity index (χ1n) is 7.75. The predicted molar refractivity (Wildman–Crippen MR) is 82.1 cm³/mol. The fourth-order valence-corrected chi connectivity index (χ4v) is 2.70. The molecule has 1 aliphatic rings. The Kier molecular flexibility index (Phi) is 5.33. The summed E-state index contributed by atoms with van der Waals surface area (Å²) >= 11 is 0. The van der Waals surface area contributed by atoms with Gasteiger partial charge >= 0.3 is 0 Å². The second-order valence-corrected chi connectivity index (χ2v) is 7.10. The molecular weight excluding hydrogens is 270 g/mol. The topological polar surface area (TPSA) is 15.3 Å². The van der Waals surface area contributed by atoms with E-state index in [1.54, 1.807) is 6.07 Å². The van der Waals surface area contributed by atoms with E-state index in [2.05, 4.69) is 31.0 Å². The van der Waals surface area contributed by atoms with Crippen LogP contribution in [-0.2, 0) is 6.54 Å². The third-order valence-electron chi connectivity index (χ3n) is 4.02. The third kappa shape index (κ3) is 5.36. The largest absolute Gasteiger partial charge is 0.312 e. The van der Waals surface area contributed by atoms with Crippen LogP contribution in [0.25, 0.3) is 0 Å². The third-order valence-corrected chi connectivity index (χ3v) is 4.02. The summed E-state index contributed by atoms with van der Waals surface area (Å²) in [7, 11) is 0. The molecule has 0 spiro atoms. The molecule has 2 nitrogen and oxygen atoms in total. The van der Waals surface area contributed by atoms with Gasteiger partial charge in [-0.2, -0.15) is 0 Å². The maximum atomic E-state index is 13.2. The zero-order chi connectivity index (χ0) is 15.5. The van der Waals surface area contributed by atoms with Gasteiger partial charge in [0.15, 0.2) is 11.6 Å². The summed E-state index contributed by atoms with van der Waals surface area (Å²) in [5.74, 6) is -0.812. The molecule has 0 bridgehead atoms. The Balaban J connectivity index is 1.77. The monoisotopic (exact) mass is 296 g/mol. The number of hydrogen-bond acceptors (Lipinski definition) is 2. The van der Waals surface area contributed by atoms with Crippen LogP contribution in [0.2, 0.25) is 0 Å². The van der Waals surface area contributed by atoms with Crippen LogP contribution in [0.5, 0.6) is 0 Å². The standard InChI is InChI=1S/C17H26F2N2/c1-17(2,3)20-11-13-6-8-21(9-7-13)12-14-4-5-15(18)16(19)10-14/h4-5,10,13,20H,6-9,11-12H2,1-3H3. The molecule has 0 saturated carbocycles. The lowest BCUT2D eigenvalue weighted by Gasteiger charge is -2.33. The Bertz CT molecular complexity index is 460. The van der Waals surface area contributed by atoms with Gasteiger partial charge in [0, 0.05) is 12.1 Å². The summed E-state index contributed by atoms with van der Waals surface area (Å²) in [5, 5.41) is 3.56. The molecular formula is C17H26F2N2. The molecule has 0 amide bonds. The molecule has 0 aromatic heterocycles. The highest BCUT2D eigenvalue weighted by Crippen LogP contribution is 2.20. The number of hydrogen-bond donors (Lipinski definition) is 1. The van der Waals surface area contributed by atoms with E-state index >= 15 is 0 Å². The molecule has 1 fully saturated rings. The molecule has 1 N–H and O–H groups in total. The lowest BCUT2D eigenvalue weighted by Crippen LogP contribution is -2.42. The first-order chi connectivity index (χ1) is 9.83. The van der Waals surface area contributed by atoms with Gasteiger partial charge in [0.25, 0.3) is 0 Å². The molecule has 1 saturated heterocycles. The average Bonchev–Trinajstić information content (AvgIpc) is 2.41. The van der Waals surface area contributed by atoms with Crippen molar-refractivity contribution in [2.24, 2.45) is 5.92 Å². The predicted octanol–water partition coefficient (Wildman–Crippen LogP) is 3.56. The highest BCUT2D eigenvalue weighted by molar-refractivity contribution is 5.17. The lowest BCUT2D eigenvalue weighted by molar-refractivity contribution is 0.170. The summed E-state index contributed by atoms with van der Waals surface area (Å²) < 4.78 is 26.1. The number of nitrogens with zero attached hydrogens (tertiary/aromatic N) is 1. The van der Waals surface area contributed by atoms with Crippen molar-refractivity contribution in [1.29, 1.82) is 0 Å². The van der Waals surface area contributed by atoms with Crippen molar-refractivity contribution in [2.45, 2.75) is 45.7 Å². The Hall–Kier alpha value is -1.00. The molecule has 1 heterocycles. The van der Waals surface area contributed by atoms with Crippen molar-refractivity contribution >= 4 is 0 Å². The maximum Gasteiger partial charge on any atom is 0.159 e. The van der Waals surface area contributed by atoms with E-state index in [9.17, 15) is 8.78 Å². The van der Waals surface area contributed by atoms with Gasteiger partial charge < -0.3 is 5.32 Å². The zero-order valence-corrected chi connectivity index (χ0v) is 13.3. The molecule has 118 valence electrons. The van der Waals surface area contributed by atoms with Gasteiger partial charge in [0.1, 0.15) is 0 Å². The molecule has 1 aliphatic heterocycles. The lowest BCUT2D eigenvalue weighted by atomic mass is 9.95. The molecule has 0 aliphatic carbocycles. The van der Waals surface area contributed by atoms with Crippen LogP contribution < -0.4 is 5.32 Å². The Labute approximate surface area is 126 Å². The summed E-state index contributed by atoms with van der Waals surface area (Å²) in [6, 6.07) is 4.19. The van der Waals surface area contributed by atoms with E-state index in [-0.39, 0.29) is 5.54 Å². The summed E-state index contributed by atoms with van der Waals surface area (Å²) in [6.45, 7) is 10.4. The van der Waals surface area contributed by atoms with Gasteiger partial charge in [-0.3, -0.25) is 4.90 Å². The number of piperidine rings is 1. The van der Waals surface area contributed by atoms with E-state index in [1.807, 2.05) is 0 Å². The van der Waals surface area contributed by atoms with Gasteiger partial charge in [0.2, 0.25) is 0 Å². The fraction of sp³-hybridized carbons (Fsp3) is 0.647. The summed E-state index contributed by atoms with van der Waals surface area (Å²) in [6.07, 6.45) is 2.32. The highest BCUT2D eigenvalue weighted by atomic mass is 19.2. The van der Waals surface area contributed by atoms with Crippen LogP contribution in [0.15, 0.2) is 18.2 Å². The molecule has 1 aromatic rings. The number of likely N-dealkylation sites (tertiary alicyclic amines) is 1. The van der Waals surface area contributed by atoms with Crippen LogP contribution in [0.3, 0.4) is 0 Å². The van der Waals surface area contributed by atoms with Gasteiger partial charge in [-0.25, -0.2) is 8.78 Å². The smallest absolute Gasteiger partial charge is 0.159 e. The van der Waals surface area contributed by atoms with Gasteiger partial charge in [-0.15, -0.1) is 0 Å². The first kappa shape index (κ1) is 16.4. The van der Waals surface area contributed by atoms with Crippen molar-refractivity contribution in [1.82, 2.24) is 10.2 Å². The molecule has 0 atom stereocenters. The molecule has 2 rings (SSSR count). The second kappa shape index (κ2) is 6.84. The quantitative estimate of drug-likeness (QED) is 0.914. The second-order valence-electron chi connectivity index (χ2n) is 7.10. The summed E-state index contributed by atoms with van der Waals surface area (Å²) in [5.41, 5.74) is 1.02. The van der Waals surface area contributed by atoms with Gasteiger partial charge in [-0.05, 0) is 76.9 Å². The Morgan fingerprint density at radius 3 is 2.38 bits per heavy atom. The minimum absolute atomic E-state index is 0.169. The van der Waals surface area contributed by atoms with Crippen LogP contribution in [-0.4, -0.2) is 30.1 Å². The SMILES string of the molecule is CC(C)(C)NCC1CCN(Cc2ccc(F)c(F)c2)CC1. The maximum absolute atomic E-state index is 13.2. The number of halogens is 2. The van der Waals surface area contributed by atoms with Crippen LogP contribution in [0.1, 0.15) is 39.2 Å². The zero-order valence-electron chi connectivity index (χ0n) is 13.3. The Morgan fingerprint density at radius 1 is 1.14 bits per heavy atom. The van der Waals surface area contributed by atoms with Crippen LogP contribution in [0.4, 0.5) is 8.78 Å². The van der Waals surface area contributed by atoms with Crippen molar-refractivity contribution < 1.29 is 8.78 Å². The van der Waals surface area contributed by atoms with E-state index in [4.69, 9.17) is 0 Å². The number of rotatable bonds is 4. The Morgan fingerprint density at radius 2 is 1.81 bits per heavy atom. The molecule has 0 unspecified atom stereocenters. The van der Waals surface area contributed by atoms with Crippen molar-refractivity contribution in [3.05, 3.63) is 35.4 Å². The van der Waals surface area contributed by atoms with Crippen LogP contribution in [0, 0.1) is 17.6 Å². The van der Waals surface area contributed by atoms with Crippen LogP contribution >= 0.6 is 0 Å². The minimum Gasteiger partial charge on any atom is -0.312 e. The molecule has 4 heteroatoms. The summed E-state index contributed by atoms with van der Waals surface area (Å²) in [4.78, 5) is 2.32.